The van der Waals surface area contributed by atoms with Crippen LogP contribution in [0.5, 0.6) is 0 Å². The largest absolute Gasteiger partial charge is 0.490 e. The van der Waals surface area contributed by atoms with Gasteiger partial charge in [0, 0.05) is 31.0 Å². The van der Waals surface area contributed by atoms with Crippen molar-refractivity contribution < 1.29 is 50.9 Å². The molecule has 0 aromatic carbocycles. The molecule has 3 rings (SSSR count). The predicted octanol–water partition coefficient (Wildman–Crippen LogP) is 2.32. The molecule has 0 radical (unpaired) electrons. The van der Waals surface area contributed by atoms with Crippen LogP contribution in [0.25, 0.3) is 0 Å². The second-order valence-corrected chi connectivity index (χ2v) is 6.55. The number of carboxylic acid groups (broad SMARTS) is 2. The van der Waals surface area contributed by atoms with E-state index in [1.165, 1.54) is 6.42 Å². The van der Waals surface area contributed by atoms with Gasteiger partial charge in [0.2, 0.25) is 0 Å². The Balaban J connectivity index is 0.000000288. The predicted molar refractivity (Wildman–Crippen MR) is 92.1 cm³/mol. The SMILES string of the molecule is O=C(O)C(F)(F)F.O=C(O)C(F)(F)F.O=C(c1ccncc1)N1CCC12CCCNC2. The van der Waals surface area contributed by atoms with Crippen molar-refractivity contribution in [2.45, 2.75) is 37.2 Å². The minimum atomic E-state index is -5.08. The van der Waals surface area contributed by atoms with E-state index in [2.05, 4.69) is 10.3 Å². The highest BCUT2D eigenvalue weighted by Gasteiger charge is 2.47. The van der Waals surface area contributed by atoms with Crippen LogP contribution in [0.4, 0.5) is 26.3 Å². The quantitative estimate of drug-likeness (QED) is 0.552. The van der Waals surface area contributed by atoms with Crippen LogP contribution in [0, 0.1) is 0 Å². The summed E-state index contributed by atoms with van der Waals surface area (Å²) in [5, 5.41) is 17.7. The lowest BCUT2D eigenvalue weighted by molar-refractivity contribution is -0.193. The molecule has 14 heteroatoms. The highest BCUT2D eigenvalue weighted by molar-refractivity contribution is 5.95. The molecule has 3 N–H and O–H groups in total. The monoisotopic (exact) mass is 459 g/mol. The average molecular weight is 459 g/mol. The molecule has 31 heavy (non-hydrogen) atoms. The normalized spacial score (nSPS) is 20.4. The van der Waals surface area contributed by atoms with E-state index in [1.807, 2.05) is 4.90 Å². The molecular formula is C17H19F6N3O5. The summed E-state index contributed by atoms with van der Waals surface area (Å²) in [5.74, 6) is -5.36. The van der Waals surface area contributed by atoms with Gasteiger partial charge in [0.1, 0.15) is 0 Å². The number of nitrogens with one attached hydrogen (secondary N) is 1. The van der Waals surface area contributed by atoms with Gasteiger partial charge in [-0.3, -0.25) is 9.78 Å². The van der Waals surface area contributed by atoms with E-state index in [9.17, 15) is 31.1 Å². The van der Waals surface area contributed by atoms with E-state index < -0.39 is 24.3 Å². The zero-order chi connectivity index (χ0) is 23.9. The molecule has 1 spiro atoms. The molecule has 1 aromatic heterocycles. The number of halogens is 6. The van der Waals surface area contributed by atoms with Crippen LogP contribution in [0.1, 0.15) is 29.6 Å². The van der Waals surface area contributed by atoms with E-state index in [0.29, 0.717) is 0 Å². The Hall–Kier alpha value is -2.90. The summed E-state index contributed by atoms with van der Waals surface area (Å²) in [6.45, 7) is 2.92. The van der Waals surface area contributed by atoms with Crippen LogP contribution in [0.3, 0.4) is 0 Å². The molecule has 0 bridgehead atoms. The number of rotatable bonds is 1. The summed E-state index contributed by atoms with van der Waals surface area (Å²) in [4.78, 5) is 36.2. The molecule has 174 valence electrons. The topological polar surface area (TPSA) is 120 Å². The molecule has 0 aliphatic carbocycles. The number of carboxylic acids is 2. The minimum absolute atomic E-state index is 0.0958. The van der Waals surface area contributed by atoms with E-state index >= 15 is 0 Å². The van der Waals surface area contributed by atoms with Gasteiger partial charge >= 0.3 is 24.3 Å². The number of carbonyl (C=O) groups is 3. The Morgan fingerprint density at radius 3 is 1.77 bits per heavy atom. The maximum atomic E-state index is 12.4. The molecule has 2 aliphatic heterocycles. The standard InChI is InChI=1S/C13H17N3O.2C2HF3O2/c17-12(11-2-7-14-8-3-11)16-9-5-13(16)4-1-6-15-10-13;2*3-2(4,5)1(6)7/h2-3,7-8,15H,1,4-6,9-10H2;2*(H,6,7). The summed E-state index contributed by atoms with van der Waals surface area (Å²) < 4.78 is 63.5. The maximum Gasteiger partial charge on any atom is 0.490 e. The number of aliphatic carboxylic acids is 2. The number of likely N-dealkylation sites (tertiary alicyclic amines) is 1. The van der Waals surface area contributed by atoms with Gasteiger partial charge in [-0.25, -0.2) is 9.59 Å². The van der Waals surface area contributed by atoms with Crippen molar-refractivity contribution in [3.8, 4) is 0 Å². The van der Waals surface area contributed by atoms with Gasteiger partial charge in [-0.05, 0) is 37.9 Å². The summed E-state index contributed by atoms with van der Waals surface area (Å²) >= 11 is 0. The van der Waals surface area contributed by atoms with Gasteiger partial charge in [-0.15, -0.1) is 0 Å². The number of aromatic nitrogens is 1. The summed E-state index contributed by atoms with van der Waals surface area (Å²) in [6, 6.07) is 3.59. The smallest absolute Gasteiger partial charge is 0.475 e. The molecule has 3 heterocycles. The number of piperidine rings is 1. The van der Waals surface area contributed by atoms with Crippen LogP contribution in [-0.2, 0) is 9.59 Å². The van der Waals surface area contributed by atoms with Crippen molar-refractivity contribution >= 4 is 17.8 Å². The van der Waals surface area contributed by atoms with E-state index in [1.54, 1.807) is 24.5 Å². The number of pyridine rings is 1. The molecule has 1 unspecified atom stereocenters. The first-order valence-corrected chi connectivity index (χ1v) is 8.74. The highest BCUT2D eigenvalue weighted by atomic mass is 19.4. The zero-order valence-electron chi connectivity index (χ0n) is 15.8. The van der Waals surface area contributed by atoms with E-state index in [0.717, 1.165) is 38.0 Å². The lowest BCUT2D eigenvalue weighted by Crippen LogP contribution is -2.67. The molecule has 0 saturated carbocycles. The third kappa shape index (κ3) is 7.70. The Morgan fingerprint density at radius 1 is 0.968 bits per heavy atom. The second-order valence-electron chi connectivity index (χ2n) is 6.55. The number of hydrogen-bond donors (Lipinski definition) is 3. The molecule has 1 aromatic rings. The third-order valence-electron chi connectivity index (χ3n) is 4.48. The Labute approximate surface area is 171 Å². The molecule has 1 amide bonds. The second kappa shape index (κ2) is 10.4. The van der Waals surface area contributed by atoms with Gasteiger partial charge in [-0.2, -0.15) is 26.3 Å². The van der Waals surface area contributed by atoms with Crippen LogP contribution >= 0.6 is 0 Å². The van der Waals surface area contributed by atoms with Crippen LogP contribution in [0.2, 0.25) is 0 Å². The van der Waals surface area contributed by atoms with Crippen molar-refractivity contribution in [1.29, 1.82) is 0 Å². The summed E-state index contributed by atoms with van der Waals surface area (Å²) in [7, 11) is 0. The number of alkyl halides is 6. The maximum absolute atomic E-state index is 12.4. The van der Waals surface area contributed by atoms with Crippen molar-refractivity contribution in [3.05, 3.63) is 30.1 Å². The molecule has 8 nitrogen and oxygen atoms in total. The van der Waals surface area contributed by atoms with Crippen molar-refractivity contribution in [1.82, 2.24) is 15.2 Å². The van der Waals surface area contributed by atoms with E-state index in [-0.39, 0.29) is 11.4 Å². The molecule has 2 fully saturated rings. The lowest BCUT2D eigenvalue weighted by Gasteiger charge is -2.55. The number of nitrogens with zero attached hydrogens (tertiary/aromatic N) is 2. The molecular weight excluding hydrogens is 440 g/mol. The minimum Gasteiger partial charge on any atom is -0.475 e. The highest BCUT2D eigenvalue weighted by Crippen LogP contribution is 2.37. The van der Waals surface area contributed by atoms with Gasteiger partial charge in [0.05, 0.1) is 5.54 Å². The first kappa shape index (κ1) is 26.1. The third-order valence-corrected chi connectivity index (χ3v) is 4.48. The first-order valence-electron chi connectivity index (χ1n) is 8.74. The summed E-state index contributed by atoms with van der Waals surface area (Å²) in [5.41, 5.74) is 0.850. The van der Waals surface area contributed by atoms with E-state index in [4.69, 9.17) is 19.8 Å². The summed E-state index contributed by atoms with van der Waals surface area (Å²) in [6.07, 6.45) is -3.37. The average Bonchev–Trinajstić information content (AvgIpc) is 2.68. The molecule has 1 atom stereocenters. The van der Waals surface area contributed by atoms with Crippen LogP contribution in [0.15, 0.2) is 24.5 Å². The number of amides is 1. The van der Waals surface area contributed by atoms with Crippen molar-refractivity contribution in [2.75, 3.05) is 19.6 Å². The fraction of sp³-hybridized carbons (Fsp3) is 0.529. The first-order chi connectivity index (χ1) is 14.2. The number of hydrogen-bond acceptors (Lipinski definition) is 5. The molecule has 2 saturated heterocycles. The fourth-order valence-corrected chi connectivity index (χ4v) is 2.90. The van der Waals surface area contributed by atoms with Crippen molar-refractivity contribution in [2.24, 2.45) is 0 Å². The van der Waals surface area contributed by atoms with Gasteiger partial charge in [0.15, 0.2) is 0 Å². The molecule has 2 aliphatic rings. The lowest BCUT2D eigenvalue weighted by atomic mass is 9.78. The van der Waals surface area contributed by atoms with Gasteiger partial charge in [0.25, 0.3) is 5.91 Å². The Morgan fingerprint density at radius 2 is 1.45 bits per heavy atom. The van der Waals surface area contributed by atoms with Crippen LogP contribution in [-0.4, -0.2) is 75.5 Å². The van der Waals surface area contributed by atoms with Gasteiger partial charge in [-0.1, -0.05) is 0 Å². The Bertz CT molecular complexity index is 740. The number of carbonyl (C=O) groups excluding carboxylic acids is 1. The van der Waals surface area contributed by atoms with Gasteiger partial charge < -0.3 is 20.4 Å². The Kier molecular flexibility index (Phi) is 8.78. The van der Waals surface area contributed by atoms with Crippen molar-refractivity contribution in [3.63, 3.8) is 0 Å². The fourth-order valence-electron chi connectivity index (χ4n) is 2.90. The zero-order valence-corrected chi connectivity index (χ0v) is 15.8. The van der Waals surface area contributed by atoms with Crippen LogP contribution < -0.4 is 5.32 Å².